The standard InChI is InChI=1S/C14H21NS/c1-11-3-7-14(8-4-11)16-10-12(2)9-15-13-5-6-13/h3-4,7-8,12-13,15H,5-6,9-10H2,1-2H3. The van der Waals surface area contributed by atoms with Gasteiger partial charge in [-0.3, -0.25) is 0 Å². The van der Waals surface area contributed by atoms with Crippen LogP contribution >= 0.6 is 11.8 Å². The summed E-state index contributed by atoms with van der Waals surface area (Å²) in [4.78, 5) is 1.39. The highest BCUT2D eigenvalue weighted by Gasteiger charge is 2.20. The summed E-state index contributed by atoms with van der Waals surface area (Å²) in [6.07, 6.45) is 2.77. The molecule has 16 heavy (non-hydrogen) atoms. The van der Waals surface area contributed by atoms with Gasteiger partial charge < -0.3 is 5.32 Å². The average molecular weight is 235 g/mol. The Labute approximate surface area is 103 Å². The smallest absolute Gasteiger partial charge is 0.00722 e. The molecule has 1 aliphatic carbocycles. The van der Waals surface area contributed by atoms with Crippen molar-refractivity contribution < 1.29 is 0 Å². The molecule has 2 rings (SSSR count). The van der Waals surface area contributed by atoms with Gasteiger partial charge in [0.05, 0.1) is 0 Å². The quantitative estimate of drug-likeness (QED) is 0.758. The van der Waals surface area contributed by atoms with Crippen molar-refractivity contribution in [1.82, 2.24) is 5.32 Å². The van der Waals surface area contributed by atoms with Gasteiger partial charge in [0, 0.05) is 16.7 Å². The lowest BCUT2D eigenvalue weighted by atomic mass is 10.2. The maximum atomic E-state index is 3.59. The lowest BCUT2D eigenvalue weighted by Gasteiger charge is -2.11. The average Bonchev–Trinajstić information content (AvgIpc) is 3.09. The molecule has 0 bridgehead atoms. The fraction of sp³-hybridized carbons (Fsp3) is 0.571. The summed E-state index contributed by atoms with van der Waals surface area (Å²) in [5.41, 5.74) is 1.34. The van der Waals surface area contributed by atoms with Gasteiger partial charge in [-0.15, -0.1) is 11.8 Å². The molecular formula is C14H21NS. The van der Waals surface area contributed by atoms with Crippen molar-refractivity contribution >= 4 is 11.8 Å². The molecule has 0 radical (unpaired) electrons. The van der Waals surface area contributed by atoms with Crippen LogP contribution in [-0.4, -0.2) is 18.3 Å². The largest absolute Gasteiger partial charge is 0.314 e. The predicted molar refractivity (Wildman–Crippen MR) is 72.1 cm³/mol. The van der Waals surface area contributed by atoms with Gasteiger partial charge in [0.2, 0.25) is 0 Å². The minimum Gasteiger partial charge on any atom is -0.314 e. The molecule has 2 heteroatoms. The van der Waals surface area contributed by atoms with Gasteiger partial charge in [-0.05, 0) is 44.4 Å². The number of hydrogen-bond acceptors (Lipinski definition) is 2. The topological polar surface area (TPSA) is 12.0 Å². The summed E-state index contributed by atoms with van der Waals surface area (Å²) >= 11 is 1.97. The third-order valence-corrected chi connectivity index (χ3v) is 4.23. The van der Waals surface area contributed by atoms with Crippen LogP contribution in [0.1, 0.15) is 25.3 Å². The molecule has 1 unspecified atom stereocenters. The lowest BCUT2D eigenvalue weighted by Crippen LogP contribution is -2.24. The van der Waals surface area contributed by atoms with Gasteiger partial charge in [-0.25, -0.2) is 0 Å². The third kappa shape index (κ3) is 4.18. The molecule has 0 aliphatic heterocycles. The molecule has 1 fully saturated rings. The van der Waals surface area contributed by atoms with Crippen LogP contribution in [0.4, 0.5) is 0 Å². The zero-order valence-electron chi connectivity index (χ0n) is 10.2. The molecule has 0 saturated heterocycles. The molecular weight excluding hydrogens is 214 g/mol. The SMILES string of the molecule is Cc1ccc(SCC(C)CNC2CC2)cc1. The molecule has 1 aromatic carbocycles. The van der Waals surface area contributed by atoms with Crippen molar-refractivity contribution in [2.24, 2.45) is 5.92 Å². The summed E-state index contributed by atoms with van der Waals surface area (Å²) in [6, 6.07) is 9.67. The van der Waals surface area contributed by atoms with Gasteiger partial charge in [-0.2, -0.15) is 0 Å². The van der Waals surface area contributed by atoms with Gasteiger partial charge in [0.15, 0.2) is 0 Å². The van der Waals surface area contributed by atoms with E-state index in [2.05, 4.69) is 43.4 Å². The number of benzene rings is 1. The first-order valence-corrected chi connectivity index (χ1v) is 7.15. The molecule has 0 aromatic heterocycles. The second-order valence-corrected chi connectivity index (χ2v) is 6.01. The van der Waals surface area contributed by atoms with E-state index in [1.165, 1.54) is 35.6 Å². The Hall–Kier alpha value is -0.470. The Morgan fingerprint density at radius 2 is 2.00 bits per heavy atom. The van der Waals surface area contributed by atoms with Crippen LogP contribution in [0.3, 0.4) is 0 Å². The number of thioether (sulfide) groups is 1. The first-order valence-electron chi connectivity index (χ1n) is 6.17. The van der Waals surface area contributed by atoms with Crippen LogP contribution < -0.4 is 5.32 Å². The Kier molecular flexibility index (Phi) is 4.30. The molecule has 1 atom stereocenters. The maximum Gasteiger partial charge on any atom is 0.00722 e. The van der Waals surface area contributed by atoms with E-state index >= 15 is 0 Å². The van der Waals surface area contributed by atoms with E-state index in [1.807, 2.05) is 11.8 Å². The zero-order chi connectivity index (χ0) is 11.4. The van der Waals surface area contributed by atoms with Crippen LogP contribution in [0.5, 0.6) is 0 Å². The Morgan fingerprint density at radius 3 is 2.62 bits per heavy atom. The fourth-order valence-electron chi connectivity index (χ4n) is 1.59. The van der Waals surface area contributed by atoms with Crippen molar-refractivity contribution in [2.75, 3.05) is 12.3 Å². The van der Waals surface area contributed by atoms with Crippen molar-refractivity contribution in [3.8, 4) is 0 Å². The first-order chi connectivity index (χ1) is 7.74. The number of aryl methyl sites for hydroxylation is 1. The molecule has 1 N–H and O–H groups in total. The van der Waals surface area contributed by atoms with Crippen LogP contribution in [0.15, 0.2) is 29.2 Å². The van der Waals surface area contributed by atoms with E-state index in [0.29, 0.717) is 0 Å². The normalized spacial score (nSPS) is 17.4. The predicted octanol–water partition coefficient (Wildman–Crippen LogP) is 3.48. The van der Waals surface area contributed by atoms with Crippen molar-refractivity contribution in [2.45, 2.75) is 37.6 Å². The summed E-state index contributed by atoms with van der Waals surface area (Å²) in [6.45, 7) is 5.64. The molecule has 1 aliphatic rings. The first kappa shape index (κ1) is 12.0. The van der Waals surface area contributed by atoms with Crippen LogP contribution in [0, 0.1) is 12.8 Å². The summed E-state index contributed by atoms with van der Waals surface area (Å²) < 4.78 is 0. The Balaban J connectivity index is 1.67. The van der Waals surface area contributed by atoms with E-state index in [9.17, 15) is 0 Å². The maximum absolute atomic E-state index is 3.59. The second-order valence-electron chi connectivity index (χ2n) is 4.91. The highest BCUT2D eigenvalue weighted by Crippen LogP contribution is 2.22. The molecule has 1 nitrogen and oxygen atoms in total. The van der Waals surface area contributed by atoms with E-state index < -0.39 is 0 Å². The van der Waals surface area contributed by atoms with Gasteiger partial charge in [0.1, 0.15) is 0 Å². The number of rotatable bonds is 6. The van der Waals surface area contributed by atoms with E-state index in [4.69, 9.17) is 0 Å². The van der Waals surface area contributed by atoms with Gasteiger partial charge >= 0.3 is 0 Å². The molecule has 0 amide bonds. The highest BCUT2D eigenvalue weighted by atomic mass is 32.2. The van der Waals surface area contributed by atoms with Crippen molar-refractivity contribution in [1.29, 1.82) is 0 Å². The lowest BCUT2D eigenvalue weighted by molar-refractivity contribution is 0.557. The third-order valence-electron chi connectivity index (χ3n) is 2.89. The summed E-state index contributed by atoms with van der Waals surface area (Å²) in [5.74, 6) is 1.97. The summed E-state index contributed by atoms with van der Waals surface area (Å²) in [7, 11) is 0. The molecule has 0 spiro atoms. The monoisotopic (exact) mass is 235 g/mol. The van der Waals surface area contributed by atoms with Crippen LogP contribution in [-0.2, 0) is 0 Å². The molecule has 1 aromatic rings. The minimum absolute atomic E-state index is 0.756. The second kappa shape index (κ2) is 5.74. The fourth-order valence-corrected chi connectivity index (χ4v) is 2.51. The van der Waals surface area contributed by atoms with Crippen molar-refractivity contribution in [3.05, 3.63) is 29.8 Å². The van der Waals surface area contributed by atoms with Crippen LogP contribution in [0.25, 0.3) is 0 Å². The van der Waals surface area contributed by atoms with Crippen molar-refractivity contribution in [3.63, 3.8) is 0 Å². The molecule has 0 heterocycles. The number of hydrogen-bond donors (Lipinski definition) is 1. The summed E-state index contributed by atoms with van der Waals surface area (Å²) in [5, 5.41) is 3.59. The highest BCUT2D eigenvalue weighted by molar-refractivity contribution is 7.99. The van der Waals surface area contributed by atoms with E-state index in [-0.39, 0.29) is 0 Å². The zero-order valence-corrected chi connectivity index (χ0v) is 11.0. The van der Waals surface area contributed by atoms with E-state index in [1.54, 1.807) is 0 Å². The Morgan fingerprint density at radius 1 is 1.31 bits per heavy atom. The Bertz CT molecular complexity index is 316. The molecule has 1 saturated carbocycles. The van der Waals surface area contributed by atoms with Crippen LogP contribution in [0.2, 0.25) is 0 Å². The number of nitrogens with one attached hydrogen (secondary N) is 1. The minimum atomic E-state index is 0.756. The molecule has 88 valence electrons. The van der Waals surface area contributed by atoms with Gasteiger partial charge in [0.25, 0.3) is 0 Å². The van der Waals surface area contributed by atoms with E-state index in [0.717, 1.165) is 12.0 Å². The van der Waals surface area contributed by atoms with Gasteiger partial charge in [-0.1, -0.05) is 24.6 Å².